The summed E-state index contributed by atoms with van der Waals surface area (Å²) in [6.07, 6.45) is 2.87. The van der Waals surface area contributed by atoms with Crippen molar-refractivity contribution >= 4 is 5.82 Å². The van der Waals surface area contributed by atoms with E-state index in [1.807, 2.05) is 18.3 Å². The molecule has 0 saturated carbocycles. The summed E-state index contributed by atoms with van der Waals surface area (Å²) in [5.74, 6) is 1.01. The van der Waals surface area contributed by atoms with Gasteiger partial charge in [-0.25, -0.2) is 4.98 Å². The van der Waals surface area contributed by atoms with Gasteiger partial charge in [0.25, 0.3) is 0 Å². The fourth-order valence-corrected chi connectivity index (χ4v) is 2.26. The second kappa shape index (κ2) is 4.18. The number of aliphatic hydroxyl groups is 1. The third-order valence-corrected chi connectivity index (χ3v) is 3.17. The molecule has 2 N–H and O–H groups in total. The maximum Gasteiger partial charge on any atom is 0.129 e. The van der Waals surface area contributed by atoms with Crippen LogP contribution in [0.15, 0.2) is 36.5 Å². The normalized spacial score (nSPS) is 13.2. The molecule has 0 fully saturated rings. The van der Waals surface area contributed by atoms with Gasteiger partial charge in [-0.1, -0.05) is 24.3 Å². The van der Waals surface area contributed by atoms with Crippen LogP contribution in [0.1, 0.15) is 11.1 Å². The van der Waals surface area contributed by atoms with Gasteiger partial charge in [0, 0.05) is 18.3 Å². The molecule has 17 heavy (non-hydrogen) atoms. The molecule has 1 aliphatic rings. The monoisotopic (exact) mass is 226 g/mol. The highest BCUT2D eigenvalue weighted by Gasteiger charge is 2.15. The van der Waals surface area contributed by atoms with Crippen LogP contribution in [0.4, 0.5) is 5.82 Å². The molecular weight excluding hydrogens is 212 g/mol. The Labute approximate surface area is 100 Å². The minimum Gasteiger partial charge on any atom is -0.392 e. The van der Waals surface area contributed by atoms with Gasteiger partial charge in [-0.15, -0.1) is 0 Å². The lowest BCUT2D eigenvalue weighted by atomic mass is 9.99. The van der Waals surface area contributed by atoms with E-state index in [0.29, 0.717) is 0 Å². The predicted molar refractivity (Wildman–Crippen MR) is 67.8 cm³/mol. The average molecular weight is 226 g/mol. The zero-order chi connectivity index (χ0) is 11.7. The second-order valence-corrected chi connectivity index (χ2v) is 4.22. The second-order valence-electron chi connectivity index (χ2n) is 4.22. The maximum atomic E-state index is 9.03. The van der Waals surface area contributed by atoms with E-state index in [4.69, 9.17) is 5.11 Å². The lowest BCUT2D eigenvalue weighted by Gasteiger charge is -2.07. The summed E-state index contributed by atoms with van der Waals surface area (Å²) in [6.45, 7) is 1.06. The van der Waals surface area contributed by atoms with Gasteiger partial charge in [0.2, 0.25) is 0 Å². The number of nitrogens with zero attached hydrogens (tertiary/aromatic N) is 1. The Morgan fingerprint density at radius 2 is 2.00 bits per heavy atom. The molecule has 3 heteroatoms. The van der Waals surface area contributed by atoms with Gasteiger partial charge in [-0.3, -0.25) is 0 Å². The van der Waals surface area contributed by atoms with Crippen LogP contribution >= 0.6 is 0 Å². The summed E-state index contributed by atoms with van der Waals surface area (Å²) in [6, 6.07) is 10.1. The highest BCUT2D eigenvalue weighted by Crippen LogP contribution is 2.31. The van der Waals surface area contributed by atoms with E-state index in [2.05, 4.69) is 28.5 Å². The number of anilines is 1. The fourth-order valence-electron chi connectivity index (χ4n) is 2.26. The van der Waals surface area contributed by atoms with Crippen molar-refractivity contribution in [3.63, 3.8) is 0 Å². The molecule has 2 heterocycles. The van der Waals surface area contributed by atoms with Crippen LogP contribution in [0.25, 0.3) is 11.1 Å². The van der Waals surface area contributed by atoms with Gasteiger partial charge in [-0.05, 0) is 29.2 Å². The van der Waals surface area contributed by atoms with Crippen LogP contribution in [0.3, 0.4) is 0 Å². The summed E-state index contributed by atoms with van der Waals surface area (Å²) in [5.41, 5.74) is 4.66. The van der Waals surface area contributed by atoms with Crippen molar-refractivity contribution in [3.8, 4) is 11.1 Å². The lowest BCUT2D eigenvalue weighted by Crippen LogP contribution is -1.92. The largest absolute Gasteiger partial charge is 0.392 e. The van der Waals surface area contributed by atoms with Crippen molar-refractivity contribution in [2.45, 2.75) is 13.0 Å². The minimum atomic E-state index is 0.0935. The molecule has 0 saturated heterocycles. The number of fused-ring (bicyclic) bond motifs is 1. The topological polar surface area (TPSA) is 45.2 Å². The molecule has 0 unspecified atom stereocenters. The summed E-state index contributed by atoms with van der Waals surface area (Å²) >= 11 is 0. The van der Waals surface area contributed by atoms with Crippen LogP contribution in [0.5, 0.6) is 0 Å². The molecule has 86 valence electrons. The molecule has 1 aromatic heterocycles. The number of benzene rings is 1. The molecule has 0 amide bonds. The van der Waals surface area contributed by atoms with Crippen LogP contribution in [0.2, 0.25) is 0 Å². The van der Waals surface area contributed by atoms with Crippen molar-refractivity contribution in [3.05, 3.63) is 47.7 Å². The summed E-state index contributed by atoms with van der Waals surface area (Å²) < 4.78 is 0. The molecule has 1 aromatic carbocycles. The van der Waals surface area contributed by atoms with Crippen molar-refractivity contribution in [2.24, 2.45) is 0 Å². The Kier molecular flexibility index (Phi) is 2.53. The lowest BCUT2D eigenvalue weighted by molar-refractivity contribution is 0.282. The molecule has 1 aliphatic heterocycles. The van der Waals surface area contributed by atoms with E-state index in [1.54, 1.807) is 0 Å². The van der Waals surface area contributed by atoms with E-state index >= 15 is 0 Å². The Balaban J connectivity index is 2.06. The smallest absolute Gasteiger partial charge is 0.129 e. The third-order valence-electron chi connectivity index (χ3n) is 3.17. The molecule has 3 nitrogen and oxygen atoms in total. The van der Waals surface area contributed by atoms with E-state index in [9.17, 15) is 0 Å². The zero-order valence-electron chi connectivity index (χ0n) is 9.48. The van der Waals surface area contributed by atoms with Crippen LogP contribution < -0.4 is 5.32 Å². The zero-order valence-corrected chi connectivity index (χ0v) is 9.48. The SMILES string of the molecule is OCc1ccc(-c2ccnc3c2CCN3)cc1. The number of aliphatic hydroxyl groups excluding tert-OH is 1. The number of hydrogen-bond acceptors (Lipinski definition) is 3. The predicted octanol–water partition coefficient (Wildman–Crippen LogP) is 2.21. The van der Waals surface area contributed by atoms with Crippen molar-refractivity contribution in [1.82, 2.24) is 4.98 Å². The summed E-state index contributed by atoms with van der Waals surface area (Å²) in [7, 11) is 0. The maximum absolute atomic E-state index is 9.03. The number of rotatable bonds is 2. The summed E-state index contributed by atoms with van der Waals surface area (Å²) in [4.78, 5) is 4.33. The highest BCUT2D eigenvalue weighted by atomic mass is 16.3. The first-order chi connectivity index (χ1) is 8.38. The Morgan fingerprint density at radius 3 is 2.76 bits per heavy atom. The molecule has 0 atom stereocenters. The molecule has 3 rings (SSSR count). The van der Waals surface area contributed by atoms with Gasteiger partial charge in [0.05, 0.1) is 6.61 Å². The first kappa shape index (κ1) is 10.3. The average Bonchev–Trinajstić information content (AvgIpc) is 2.87. The van der Waals surface area contributed by atoms with Gasteiger partial charge in [0.1, 0.15) is 5.82 Å². The number of nitrogens with one attached hydrogen (secondary N) is 1. The van der Waals surface area contributed by atoms with Crippen LogP contribution in [0, 0.1) is 0 Å². The van der Waals surface area contributed by atoms with Gasteiger partial charge in [-0.2, -0.15) is 0 Å². The van der Waals surface area contributed by atoms with Crippen LogP contribution in [-0.4, -0.2) is 16.6 Å². The standard InChI is InChI=1S/C14H14N2O/c17-9-10-1-3-11(4-2-10)12-5-7-15-14-13(12)6-8-16-14/h1-5,7,17H,6,8-9H2,(H,15,16). The molecule has 0 spiro atoms. The molecule has 0 radical (unpaired) electrons. The molecule has 0 aliphatic carbocycles. The van der Waals surface area contributed by atoms with Crippen LogP contribution in [-0.2, 0) is 13.0 Å². The highest BCUT2D eigenvalue weighted by molar-refractivity contribution is 5.73. The molecule has 2 aromatic rings. The van der Waals surface area contributed by atoms with E-state index in [0.717, 1.165) is 24.3 Å². The number of hydrogen-bond donors (Lipinski definition) is 2. The van der Waals surface area contributed by atoms with E-state index in [-0.39, 0.29) is 6.61 Å². The van der Waals surface area contributed by atoms with Gasteiger partial charge >= 0.3 is 0 Å². The van der Waals surface area contributed by atoms with E-state index < -0.39 is 0 Å². The first-order valence-electron chi connectivity index (χ1n) is 5.80. The van der Waals surface area contributed by atoms with Gasteiger partial charge < -0.3 is 10.4 Å². The van der Waals surface area contributed by atoms with E-state index in [1.165, 1.54) is 16.7 Å². The van der Waals surface area contributed by atoms with Crippen molar-refractivity contribution in [1.29, 1.82) is 0 Å². The summed E-state index contributed by atoms with van der Waals surface area (Å²) in [5, 5.41) is 12.3. The number of pyridine rings is 1. The minimum absolute atomic E-state index is 0.0935. The fraction of sp³-hybridized carbons (Fsp3) is 0.214. The quantitative estimate of drug-likeness (QED) is 0.825. The van der Waals surface area contributed by atoms with Crippen molar-refractivity contribution < 1.29 is 5.11 Å². The Hall–Kier alpha value is -1.87. The molecule has 0 bridgehead atoms. The van der Waals surface area contributed by atoms with Gasteiger partial charge in [0.15, 0.2) is 0 Å². The molecular formula is C14H14N2O. The Morgan fingerprint density at radius 1 is 1.18 bits per heavy atom. The first-order valence-corrected chi connectivity index (χ1v) is 5.80. The van der Waals surface area contributed by atoms with Crippen molar-refractivity contribution in [2.75, 3.05) is 11.9 Å². The Bertz CT molecular complexity index is 534. The third kappa shape index (κ3) is 1.78. The number of aromatic nitrogens is 1.